The molecule has 1 unspecified atom stereocenters. The summed E-state index contributed by atoms with van der Waals surface area (Å²) in [6.07, 6.45) is 3.72. The predicted molar refractivity (Wildman–Crippen MR) is 66.0 cm³/mol. The van der Waals surface area contributed by atoms with E-state index in [1.807, 2.05) is 19.1 Å². The highest BCUT2D eigenvalue weighted by Crippen LogP contribution is 2.30. The fourth-order valence-electron chi connectivity index (χ4n) is 1.51. The van der Waals surface area contributed by atoms with Crippen LogP contribution >= 0.6 is 11.8 Å². The first-order valence-electron chi connectivity index (χ1n) is 5.26. The topological polar surface area (TPSA) is 52.3 Å². The summed E-state index contributed by atoms with van der Waals surface area (Å²) in [5.41, 5.74) is 0.813. The molecule has 0 aromatic carbocycles. The van der Waals surface area contributed by atoms with Crippen LogP contribution in [0.3, 0.4) is 0 Å². The van der Waals surface area contributed by atoms with Crippen molar-refractivity contribution < 1.29 is 13.9 Å². The van der Waals surface area contributed by atoms with Gasteiger partial charge in [-0.3, -0.25) is 4.79 Å². The first kappa shape index (κ1) is 12.0. The first-order chi connectivity index (χ1) is 8.20. The monoisotopic (exact) mass is 251 g/mol. The number of furan rings is 1. The SMILES string of the molecule is COC(=O)CC(C)Sc1nccc2occc12. The molecule has 0 saturated heterocycles. The molecule has 0 fully saturated rings. The molecule has 0 aliphatic carbocycles. The van der Waals surface area contributed by atoms with Crippen LogP contribution in [0.5, 0.6) is 0 Å². The Morgan fingerprint density at radius 3 is 3.18 bits per heavy atom. The average Bonchev–Trinajstić information content (AvgIpc) is 2.78. The Balaban J connectivity index is 2.12. The lowest BCUT2D eigenvalue weighted by Gasteiger charge is -2.09. The number of methoxy groups -OCH3 is 1. The van der Waals surface area contributed by atoms with E-state index in [1.54, 1.807) is 24.2 Å². The van der Waals surface area contributed by atoms with Gasteiger partial charge in [-0.05, 0) is 12.1 Å². The lowest BCUT2D eigenvalue weighted by atomic mass is 10.3. The van der Waals surface area contributed by atoms with Gasteiger partial charge in [-0.2, -0.15) is 0 Å². The summed E-state index contributed by atoms with van der Waals surface area (Å²) in [7, 11) is 1.40. The molecule has 0 spiro atoms. The van der Waals surface area contributed by atoms with Gasteiger partial charge in [0.2, 0.25) is 0 Å². The molecule has 2 aromatic rings. The van der Waals surface area contributed by atoms with Crippen LogP contribution in [0, 0.1) is 0 Å². The molecule has 5 heteroatoms. The van der Waals surface area contributed by atoms with Crippen molar-refractivity contribution in [2.24, 2.45) is 0 Å². The quantitative estimate of drug-likeness (QED) is 0.617. The second-order valence-corrected chi connectivity index (χ2v) is 5.08. The van der Waals surface area contributed by atoms with Gasteiger partial charge in [0.05, 0.1) is 25.2 Å². The summed E-state index contributed by atoms with van der Waals surface area (Å²) in [6.45, 7) is 1.97. The molecule has 0 bridgehead atoms. The van der Waals surface area contributed by atoms with Crippen molar-refractivity contribution in [3.63, 3.8) is 0 Å². The number of aromatic nitrogens is 1. The number of rotatable bonds is 4. The minimum Gasteiger partial charge on any atom is -0.469 e. The number of esters is 1. The first-order valence-corrected chi connectivity index (χ1v) is 6.14. The zero-order valence-corrected chi connectivity index (χ0v) is 10.5. The van der Waals surface area contributed by atoms with Crippen LogP contribution in [0.25, 0.3) is 11.0 Å². The zero-order valence-electron chi connectivity index (χ0n) is 9.67. The Labute approximate surface area is 103 Å². The summed E-state index contributed by atoms with van der Waals surface area (Å²) in [6, 6.07) is 3.71. The van der Waals surface area contributed by atoms with Crippen molar-refractivity contribution in [2.75, 3.05) is 7.11 Å². The second kappa shape index (κ2) is 5.23. The minimum absolute atomic E-state index is 0.121. The van der Waals surface area contributed by atoms with Crippen molar-refractivity contribution >= 4 is 28.7 Å². The number of thioether (sulfide) groups is 1. The summed E-state index contributed by atoms with van der Waals surface area (Å²) in [4.78, 5) is 15.5. The number of carbonyl (C=O) groups is 1. The third kappa shape index (κ3) is 2.79. The van der Waals surface area contributed by atoms with Gasteiger partial charge in [-0.25, -0.2) is 4.98 Å². The smallest absolute Gasteiger partial charge is 0.306 e. The van der Waals surface area contributed by atoms with E-state index in [1.165, 1.54) is 7.11 Å². The summed E-state index contributed by atoms with van der Waals surface area (Å²) >= 11 is 1.55. The second-order valence-electron chi connectivity index (χ2n) is 3.66. The summed E-state index contributed by atoms with van der Waals surface area (Å²) in [5, 5.41) is 1.98. The number of pyridine rings is 1. The van der Waals surface area contributed by atoms with Gasteiger partial charge < -0.3 is 9.15 Å². The lowest BCUT2D eigenvalue weighted by Crippen LogP contribution is -2.08. The maximum absolute atomic E-state index is 11.2. The van der Waals surface area contributed by atoms with E-state index in [2.05, 4.69) is 9.72 Å². The van der Waals surface area contributed by atoms with Crippen LogP contribution in [0.2, 0.25) is 0 Å². The number of hydrogen-bond acceptors (Lipinski definition) is 5. The molecule has 0 N–H and O–H groups in total. The highest BCUT2D eigenvalue weighted by Gasteiger charge is 2.13. The molecule has 0 saturated carbocycles. The molecule has 0 radical (unpaired) electrons. The van der Waals surface area contributed by atoms with Gasteiger partial charge in [0.25, 0.3) is 0 Å². The van der Waals surface area contributed by atoms with Crippen LogP contribution in [0.15, 0.2) is 34.0 Å². The fourth-order valence-corrected chi connectivity index (χ4v) is 2.53. The zero-order chi connectivity index (χ0) is 12.3. The van der Waals surface area contributed by atoms with Crippen molar-refractivity contribution in [1.29, 1.82) is 0 Å². The highest BCUT2D eigenvalue weighted by molar-refractivity contribution is 8.00. The number of hydrogen-bond donors (Lipinski definition) is 0. The van der Waals surface area contributed by atoms with Crippen LogP contribution in [-0.4, -0.2) is 23.3 Å². The van der Waals surface area contributed by atoms with Gasteiger partial charge in [0, 0.05) is 11.4 Å². The van der Waals surface area contributed by atoms with Gasteiger partial charge >= 0.3 is 5.97 Å². The molecule has 90 valence electrons. The van der Waals surface area contributed by atoms with Crippen LogP contribution in [0.4, 0.5) is 0 Å². The van der Waals surface area contributed by atoms with Crippen LogP contribution in [0.1, 0.15) is 13.3 Å². The molecule has 2 aromatic heterocycles. The number of nitrogens with zero attached hydrogens (tertiary/aromatic N) is 1. The molecular formula is C12H13NO3S. The van der Waals surface area contributed by atoms with Gasteiger partial charge in [0.1, 0.15) is 10.6 Å². The molecule has 2 heterocycles. The Morgan fingerprint density at radius 1 is 1.59 bits per heavy atom. The van der Waals surface area contributed by atoms with E-state index < -0.39 is 0 Å². The summed E-state index contributed by atoms with van der Waals surface area (Å²) < 4.78 is 9.94. The lowest BCUT2D eigenvalue weighted by molar-refractivity contribution is -0.140. The standard InChI is InChI=1S/C12H13NO3S/c1-8(7-11(14)15-2)17-12-9-4-6-16-10(9)3-5-13-12/h3-6,8H,7H2,1-2H3. The van der Waals surface area contributed by atoms with Gasteiger partial charge in [-0.15, -0.1) is 11.8 Å². The largest absolute Gasteiger partial charge is 0.469 e. The van der Waals surface area contributed by atoms with E-state index in [4.69, 9.17) is 4.42 Å². The van der Waals surface area contributed by atoms with E-state index in [0.717, 1.165) is 16.0 Å². The van der Waals surface area contributed by atoms with Crippen molar-refractivity contribution in [1.82, 2.24) is 4.98 Å². The number of fused-ring (bicyclic) bond motifs is 1. The molecule has 2 rings (SSSR count). The Hall–Kier alpha value is -1.49. The third-order valence-electron chi connectivity index (χ3n) is 2.34. The molecule has 0 aliphatic heterocycles. The minimum atomic E-state index is -0.204. The molecule has 4 nitrogen and oxygen atoms in total. The van der Waals surface area contributed by atoms with Crippen molar-refractivity contribution in [3.8, 4) is 0 Å². The predicted octanol–water partition coefficient (Wildman–Crippen LogP) is 2.87. The van der Waals surface area contributed by atoms with Gasteiger partial charge in [0.15, 0.2) is 0 Å². The van der Waals surface area contributed by atoms with E-state index >= 15 is 0 Å². The Bertz CT molecular complexity index is 523. The molecule has 0 amide bonds. The summed E-state index contributed by atoms with van der Waals surface area (Å²) in [5.74, 6) is -0.204. The maximum atomic E-state index is 11.2. The van der Waals surface area contributed by atoms with Crippen molar-refractivity contribution in [3.05, 3.63) is 24.6 Å². The van der Waals surface area contributed by atoms with E-state index in [-0.39, 0.29) is 11.2 Å². The third-order valence-corrected chi connectivity index (χ3v) is 3.46. The molecule has 17 heavy (non-hydrogen) atoms. The van der Waals surface area contributed by atoms with Crippen LogP contribution in [-0.2, 0) is 9.53 Å². The van der Waals surface area contributed by atoms with Gasteiger partial charge in [-0.1, -0.05) is 6.92 Å². The molecular weight excluding hydrogens is 238 g/mol. The maximum Gasteiger partial charge on any atom is 0.306 e. The average molecular weight is 251 g/mol. The van der Waals surface area contributed by atoms with Crippen molar-refractivity contribution in [2.45, 2.75) is 23.6 Å². The molecule has 0 aliphatic rings. The van der Waals surface area contributed by atoms with Crippen LogP contribution < -0.4 is 0 Å². The number of ether oxygens (including phenoxy) is 1. The fraction of sp³-hybridized carbons (Fsp3) is 0.333. The Morgan fingerprint density at radius 2 is 2.41 bits per heavy atom. The normalized spacial score (nSPS) is 12.6. The van der Waals surface area contributed by atoms with E-state index in [9.17, 15) is 4.79 Å². The number of carbonyl (C=O) groups excluding carboxylic acids is 1. The highest BCUT2D eigenvalue weighted by atomic mass is 32.2. The Kier molecular flexibility index (Phi) is 3.68. The molecule has 1 atom stereocenters. The van der Waals surface area contributed by atoms with E-state index in [0.29, 0.717) is 6.42 Å².